The van der Waals surface area contributed by atoms with Crippen molar-refractivity contribution in [2.24, 2.45) is 5.92 Å². The van der Waals surface area contributed by atoms with Crippen LogP contribution >= 0.6 is 0 Å². The number of nitriles is 1. The fourth-order valence-electron chi connectivity index (χ4n) is 4.92. The number of carbonyl (C=O) groups excluding carboxylic acids is 2. The lowest BCUT2D eigenvalue weighted by Gasteiger charge is -2.35. The summed E-state index contributed by atoms with van der Waals surface area (Å²) >= 11 is 0. The van der Waals surface area contributed by atoms with Crippen LogP contribution in [-0.2, 0) is 11.2 Å². The van der Waals surface area contributed by atoms with Crippen LogP contribution in [0.15, 0.2) is 30.3 Å². The number of carbonyl (C=O) groups is 2. The van der Waals surface area contributed by atoms with Gasteiger partial charge in [-0.15, -0.1) is 0 Å². The van der Waals surface area contributed by atoms with Crippen molar-refractivity contribution in [3.05, 3.63) is 35.9 Å². The molecule has 2 aliphatic rings. The van der Waals surface area contributed by atoms with Crippen LogP contribution < -0.4 is 10.6 Å². The Labute approximate surface area is 230 Å². The Morgan fingerprint density at radius 1 is 1.26 bits per heavy atom. The number of hydrogen-bond donors (Lipinski definition) is 4. The molecule has 0 aliphatic carbocycles. The SMILES string of the molecule is CC(C#N)C(=O)N1CCC(NC(=O)NC(Cc2ccccc2)B(O)O)C1.CCCC(C)(C)N1CCC(F)(F)C1. The fraction of sp³-hybridized carbons (Fsp3) is 0.667. The Morgan fingerprint density at radius 2 is 1.92 bits per heavy atom. The molecule has 2 fully saturated rings. The van der Waals surface area contributed by atoms with Crippen LogP contribution in [0.3, 0.4) is 0 Å². The van der Waals surface area contributed by atoms with E-state index in [-0.39, 0.29) is 36.9 Å². The first kappa shape index (κ1) is 32.5. The number of rotatable bonds is 9. The second-order valence-electron chi connectivity index (χ2n) is 11.0. The standard InChI is InChI=1S/C17H23BN4O4.C10H19F2N/c1-12(10-19)16(23)22-8-7-14(11-22)20-17(24)21-15(18(25)26)9-13-5-3-2-4-6-13;1-4-5-9(2,3)13-7-6-10(11,12)8-13/h2-6,12,14-15,25-26H,7-9,11H2,1H3,(H2,20,21,24);4-8H2,1-3H3. The molecule has 3 unspecified atom stereocenters. The molecule has 1 aromatic rings. The van der Waals surface area contributed by atoms with Crippen molar-refractivity contribution in [3.63, 3.8) is 0 Å². The molecule has 39 heavy (non-hydrogen) atoms. The van der Waals surface area contributed by atoms with Crippen molar-refractivity contribution in [3.8, 4) is 6.07 Å². The van der Waals surface area contributed by atoms with Gasteiger partial charge in [0.15, 0.2) is 0 Å². The second kappa shape index (κ2) is 14.6. The third-order valence-electron chi connectivity index (χ3n) is 7.26. The number of nitrogens with one attached hydrogen (secondary N) is 2. The van der Waals surface area contributed by atoms with Crippen molar-refractivity contribution in [2.45, 2.75) is 83.2 Å². The first-order chi connectivity index (χ1) is 18.3. The summed E-state index contributed by atoms with van der Waals surface area (Å²) in [5.74, 6) is -4.26. The number of likely N-dealkylation sites (tertiary alicyclic amines) is 2. The lowest BCUT2D eigenvalue weighted by Crippen LogP contribution is -2.53. The molecule has 0 aromatic heterocycles. The maximum absolute atomic E-state index is 12.9. The highest BCUT2D eigenvalue weighted by Crippen LogP contribution is 2.33. The van der Waals surface area contributed by atoms with E-state index in [2.05, 4.69) is 31.4 Å². The predicted octanol–water partition coefficient (Wildman–Crippen LogP) is 2.58. The van der Waals surface area contributed by atoms with E-state index < -0.39 is 30.9 Å². The number of alkyl halides is 2. The first-order valence-corrected chi connectivity index (χ1v) is 13.6. The molecule has 2 aliphatic heterocycles. The molecule has 216 valence electrons. The minimum absolute atomic E-state index is 0.0279. The van der Waals surface area contributed by atoms with Crippen LogP contribution in [0.5, 0.6) is 0 Å². The topological polar surface area (TPSA) is 129 Å². The molecule has 1 aromatic carbocycles. The number of hydrogen-bond acceptors (Lipinski definition) is 6. The van der Waals surface area contributed by atoms with E-state index in [1.807, 2.05) is 41.3 Å². The number of benzene rings is 1. The van der Waals surface area contributed by atoms with Crippen molar-refractivity contribution < 1.29 is 28.4 Å². The van der Waals surface area contributed by atoms with Gasteiger partial charge in [-0.2, -0.15) is 5.26 Å². The van der Waals surface area contributed by atoms with Gasteiger partial charge in [0.1, 0.15) is 5.92 Å². The lowest BCUT2D eigenvalue weighted by atomic mass is 9.76. The molecule has 4 N–H and O–H groups in total. The van der Waals surface area contributed by atoms with Gasteiger partial charge < -0.3 is 25.6 Å². The minimum Gasteiger partial charge on any atom is -0.426 e. The summed E-state index contributed by atoms with van der Waals surface area (Å²) in [5.41, 5.74) is 0.809. The van der Waals surface area contributed by atoms with Gasteiger partial charge in [0, 0.05) is 37.6 Å². The van der Waals surface area contributed by atoms with Crippen molar-refractivity contribution >= 4 is 19.1 Å². The molecule has 2 heterocycles. The van der Waals surface area contributed by atoms with Gasteiger partial charge in [-0.3, -0.25) is 9.69 Å². The molecule has 2 saturated heterocycles. The van der Waals surface area contributed by atoms with Crippen LogP contribution in [0, 0.1) is 17.2 Å². The van der Waals surface area contributed by atoms with E-state index in [0.29, 0.717) is 26.1 Å². The lowest BCUT2D eigenvalue weighted by molar-refractivity contribution is -0.132. The Morgan fingerprint density at radius 3 is 2.46 bits per heavy atom. The number of nitrogens with zero attached hydrogens (tertiary/aromatic N) is 3. The number of urea groups is 1. The molecule has 0 bridgehead atoms. The van der Waals surface area contributed by atoms with Gasteiger partial charge in [-0.25, -0.2) is 13.6 Å². The zero-order chi connectivity index (χ0) is 29.2. The third-order valence-corrected chi connectivity index (χ3v) is 7.26. The molecular formula is C27H42BF2N5O4. The Bertz CT molecular complexity index is 977. The van der Waals surface area contributed by atoms with E-state index in [1.54, 1.807) is 11.8 Å². The average Bonchev–Trinajstić information content (AvgIpc) is 3.50. The van der Waals surface area contributed by atoms with Crippen molar-refractivity contribution in [1.82, 2.24) is 20.4 Å². The maximum atomic E-state index is 12.9. The van der Waals surface area contributed by atoms with Gasteiger partial charge in [0.2, 0.25) is 5.91 Å². The molecule has 0 spiro atoms. The zero-order valence-corrected chi connectivity index (χ0v) is 23.4. The summed E-state index contributed by atoms with van der Waals surface area (Å²) in [6.07, 6.45) is 2.93. The highest BCUT2D eigenvalue weighted by Gasteiger charge is 2.43. The molecule has 9 nitrogen and oxygen atoms in total. The van der Waals surface area contributed by atoms with Gasteiger partial charge in [-0.05, 0) is 45.6 Å². The van der Waals surface area contributed by atoms with Gasteiger partial charge in [0.05, 0.1) is 18.6 Å². The van der Waals surface area contributed by atoms with Gasteiger partial charge >= 0.3 is 13.1 Å². The first-order valence-electron chi connectivity index (χ1n) is 13.6. The smallest absolute Gasteiger partial charge is 0.426 e. The number of halogens is 2. The van der Waals surface area contributed by atoms with Gasteiger partial charge in [-0.1, -0.05) is 43.7 Å². The highest BCUT2D eigenvalue weighted by molar-refractivity contribution is 6.43. The highest BCUT2D eigenvalue weighted by atomic mass is 19.3. The summed E-state index contributed by atoms with van der Waals surface area (Å²) in [7, 11) is -1.70. The Hall–Kier alpha value is -2.75. The largest absolute Gasteiger partial charge is 0.475 e. The quantitative estimate of drug-likeness (QED) is 0.351. The van der Waals surface area contributed by atoms with Crippen LogP contribution in [0.1, 0.15) is 58.9 Å². The summed E-state index contributed by atoms with van der Waals surface area (Å²) in [6, 6.07) is 10.4. The van der Waals surface area contributed by atoms with Crippen molar-refractivity contribution in [1.29, 1.82) is 5.26 Å². The summed E-state index contributed by atoms with van der Waals surface area (Å²) < 4.78 is 25.8. The number of amides is 3. The van der Waals surface area contributed by atoms with E-state index in [0.717, 1.165) is 18.4 Å². The monoisotopic (exact) mass is 549 g/mol. The van der Waals surface area contributed by atoms with Crippen LogP contribution in [-0.4, -0.2) is 88.5 Å². The summed E-state index contributed by atoms with van der Waals surface area (Å²) in [6.45, 7) is 9.05. The molecule has 3 amide bonds. The van der Waals surface area contributed by atoms with E-state index >= 15 is 0 Å². The molecule has 0 saturated carbocycles. The zero-order valence-electron chi connectivity index (χ0n) is 23.4. The normalized spacial score (nSPS) is 20.3. The van der Waals surface area contributed by atoms with Crippen LogP contribution in [0.4, 0.5) is 13.6 Å². The van der Waals surface area contributed by atoms with Crippen LogP contribution in [0.2, 0.25) is 0 Å². The Balaban J connectivity index is 0.000000344. The third kappa shape index (κ3) is 10.4. The minimum atomic E-state index is -2.45. The van der Waals surface area contributed by atoms with E-state index in [4.69, 9.17) is 5.26 Å². The predicted molar refractivity (Wildman–Crippen MR) is 146 cm³/mol. The maximum Gasteiger partial charge on any atom is 0.475 e. The van der Waals surface area contributed by atoms with E-state index in [9.17, 15) is 28.4 Å². The second-order valence-corrected chi connectivity index (χ2v) is 11.0. The summed E-state index contributed by atoms with van der Waals surface area (Å²) in [5, 5.41) is 33.2. The van der Waals surface area contributed by atoms with E-state index in [1.165, 1.54) is 0 Å². The molecule has 3 atom stereocenters. The molecular weight excluding hydrogens is 507 g/mol. The fourth-order valence-corrected chi connectivity index (χ4v) is 4.92. The molecule has 3 rings (SSSR count). The van der Waals surface area contributed by atoms with Gasteiger partial charge in [0.25, 0.3) is 5.92 Å². The Kier molecular flexibility index (Phi) is 12.1. The van der Waals surface area contributed by atoms with Crippen molar-refractivity contribution in [2.75, 3.05) is 26.2 Å². The van der Waals surface area contributed by atoms with Crippen LogP contribution in [0.25, 0.3) is 0 Å². The average molecular weight is 549 g/mol. The molecule has 12 heteroatoms. The summed E-state index contributed by atoms with van der Waals surface area (Å²) in [4.78, 5) is 27.6. The molecule has 0 radical (unpaired) electrons.